The molecule has 22 heavy (non-hydrogen) atoms. The van der Waals surface area contributed by atoms with Crippen LogP contribution in [0.4, 0.5) is 0 Å². The molecule has 0 saturated carbocycles. The average Bonchev–Trinajstić information content (AvgIpc) is 2.58. The van der Waals surface area contributed by atoms with Crippen LogP contribution >= 0.6 is 0 Å². The van der Waals surface area contributed by atoms with E-state index in [1.54, 1.807) is 16.7 Å². The van der Waals surface area contributed by atoms with E-state index in [2.05, 4.69) is 37.3 Å². The number of hydrogen-bond donors (Lipinski definition) is 0. The molecule has 0 spiro atoms. The van der Waals surface area contributed by atoms with Gasteiger partial charge in [-0.2, -0.15) is 0 Å². The molecule has 2 aromatic rings. The molecule has 0 unspecified atom stereocenters. The highest BCUT2D eigenvalue weighted by molar-refractivity contribution is 5.46. The summed E-state index contributed by atoms with van der Waals surface area (Å²) in [7, 11) is 0. The van der Waals surface area contributed by atoms with Crippen molar-refractivity contribution in [3.63, 3.8) is 0 Å². The Morgan fingerprint density at radius 2 is 1.68 bits per heavy atom. The molecule has 0 aromatic heterocycles. The molecule has 0 fully saturated rings. The highest BCUT2D eigenvalue weighted by Crippen LogP contribution is 2.30. The van der Waals surface area contributed by atoms with E-state index in [0.29, 0.717) is 0 Å². The Labute approximate surface area is 133 Å². The van der Waals surface area contributed by atoms with Crippen LogP contribution in [0.1, 0.15) is 51.8 Å². The maximum Gasteiger partial charge on any atom is 0.0722 e. The highest BCUT2D eigenvalue weighted by atomic mass is 16.5. The average molecular weight is 292 g/mol. The van der Waals surface area contributed by atoms with Crippen molar-refractivity contribution in [2.75, 3.05) is 6.61 Å². The summed E-state index contributed by atoms with van der Waals surface area (Å²) in [4.78, 5) is 0. The second-order valence-electron chi connectivity index (χ2n) is 6.74. The van der Waals surface area contributed by atoms with Crippen molar-refractivity contribution in [3.8, 4) is 0 Å². The van der Waals surface area contributed by atoms with Gasteiger partial charge in [-0.05, 0) is 84.4 Å². The molecule has 1 heterocycles. The van der Waals surface area contributed by atoms with Crippen LogP contribution in [-0.2, 0) is 37.0 Å². The van der Waals surface area contributed by atoms with Crippen LogP contribution in [0.25, 0.3) is 0 Å². The van der Waals surface area contributed by atoms with Crippen molar-refractivity contribution < 1.29 is 4.74 Å². The van der Waals surface area contributed by atoms with Crippen molar-refractivity contribution in [2.45, 2.75) is 52.1 Å². The monoisotopic (exact) mass is 292 g/mol. The summed E-state index contributed by atoms with van der Waals surface area (Å²) in [6, 6.07) is 11.5. The Hall–Kier alpha value is -1.60. The van der Waals surface area contributed by atoms with Gasteiger partial charge in [0.15, 0.2) is 0 Å². The van der Waals surface area contributed by atoms with Crippen LogP contribution < -0.4 is 0 Å². The van der Waals surface area contributed by atoms with E-state index in [9.17, 15) is 0 Å². The third-order valence-electron chi connectivity index (χ3n) is 5.38. The fraction of sp³-hybridized carbons (Fsp3) is 0.429. The second-order valence-corrected chi connectivity index (χ2v) is 6.74. The summed E-state index contributed by atoms with van der Waals surface area (Å²) >= 11 is 0. The Balaban J connectivity index is 1.73. The standard InChI is InChI=1S/C21H24O/c1-15-9-10-18(20-8-3-2-7-19(15)20)13-17-6-4-5-16-11-12-22-14-21(16)17/h4-6,9-10H,2-3,7-8,11-14H2,1H3. The van der Waals surface area contributed by atoms with Gasteiger partial charge in [-0.3, -0.25) is 0 Å². The lowest BCUT2D eigenvalue weighted by molar-refractivity contribution is 0.110. The largest absolute Gasteiger partial charge is 0.376 e. The van der Waals surface area contributed by atoms with Gasteiger partial charge in [0.25, 0.3) is 0 Å². The topological polar surface area (TPSA) is 9.23 Å². The van der Waals surface area contributed by atoms with E-state index in [-0.39, 0.29) is 0 Å². The first-order valence-corrected chi connectivity index (χ1v) is 8.60. The van der Waals surface area contributed by atoms with Crippen LogP contribution in [0.5, 0.6) is 0 Å². The zero-order valence-corrected chi connectivity index (χ0v) is 13.5. The molecule has 1 nitrogen and oxygen atoms in total. The van der Waals surface area contributed by atoms with Gasteiger partial charge in [-0.15, -0.1) is 0 Å². The molecule has 4 rings (SSSR count). The van der Waals surface area contributed by atoms with Crippen LogP contribution in [0, 0.1) is 6.92 Å². The zero-order valence-electron chi connectivity index (χ0n) is 13.5. The van der Waals surface area contributed by atoms with Crippen molar-refractivity contribution in [2.24, 2.45) is 0 Å². The molecule has 0 saturated heterocycles. The lowest BCUT2D eigenvalue weighted by Crippen LogP contribution is -2.13. The fourth-order valence-corrected chi connectivity index (χ4v) is 4.12. The molecule has 2 aromatic carbocycles. The predicted octanol–water partition coefficient (Wildman–Crippen LogP) is 4.54. The molecule has 2 aliphatic rings. The zero-order chi connectivity index (χ0) is 14.9. The predicted molar refractivity (Wildman–Crippen MR) is 90.4 cm³/mol. The molecule has 0 radical (unpaired) electrons. The van der Waals surface area contributed by atoms with Gasteiger partial charge in [0.2, 0.25) is 0 Å². The lowest BCUT2D eigenvalue weighted by Gasteiger charge is -2.24. The van der Waals surface area contributed by atoms with Crippen molar-refractivity contribution in [1.29, 1.82) is 0 Å². The molecule has 0 amide bonds. The first-order chi connectivity index (χ1) is 10.8. The molecule has 1 aliphatic heterocycles. The summed E-state index contributed by atoms with van der Waals surface area (Å²) in [6.45, 7) is 3.93. The van der Waals surface area contributed by atoms with E-state index >= 15 is 0 Å². The molecular weight excluding hydrogens is 268 g/mol. The summed E-state index contributed by atoms with van der Waals surface area (Å²) in [5.41, 5.74) is 10.7. The number of rotatable bonds is 2. The van der Waals surface area contributed by atoms with E-state index in [4.69, 9.17) is 4.74 Å². The third-order valence-corrected chi connectivity index (χ3v) is 5.38. The molecule has 0 atom stereocenters. The fourth-order valence-electron chi connectivity index (χ4n) is 4.12. The van der Waals surface area contributed by atoms with Gasteiger partial charge in [-0.25, -0.2) is 0 Å². The van der Waals surface area contributed by atoms with Gasteiger partial charge in [0.1, 0.15) is 0 Å². The number of aryl methyl sites for hydroxylation is 1. The molecule has 0 N–H and O–H groups in total. The van der Waals surface area contributed by atoms with Gasteiger partial charge < -0.3 is 4.74 Å². The summed E-state index contributed by atoms with van der Waals surface area (Å²) in [5, 5.41) is 0. The quantitative estimate of drug-likeness (QED) is 0.789. The minimum absolute atomic E-state index is 0.791. The van der Waals surface area contributed by atoms with Gasteiger partial charge in [0, 0.05) is 0 Å². The smallest absolute Gasteiger partial charge is 0.0722 e. The third kappa shape index (κ3) is 2.48. The minimum Gasteiger partial charge on any atom is -0.376 e. The SMILES string of the molecule is Cc1ccc(Cc2cccc3c2COCC3)c2c1CCCC2. The normalized spacial score (nSPS) is 17.0. The lowest BCUT2D eigenvalue weighted by atomic mass is 9.83. The van der Waals surface area contributed by atoms with E-state index in [0.717, 1.165) is 26.1 Å². The van der Waals surface area contributed by atoms with Gasteiger partial charge in [-0.1, -0.05) is 30.3 Å². The van der Waals surface area contributed by atoms with Crippen LogP contribution in [0.15, 0.2) is 30.3 Å². The van der Waals surface area contributed by atoms with Crippen molar-refractivity contribution >= 4 is 0 Å². The molecule has 1 heteroatoms. The Bertz CT molecular complexity index is 699. The van der Waals surface area contributed by atoms with Crippen LogP contribution in [0.2, 0.25) is 0 Å². The number of fused-ring (bicyclic) bond motifs is 2. The number of hydrogen-bond acceptors (Lipinski definition) is 1. The number of benzene rings is 2. The Kier molecular flexibility index (Phi) is 3.75. The summed E-state index contributed by atoms with van der Waals surface area (Å²) in [6.07, 6.45) is 7.36. The van der Waals surface area contributed by atoms with Crippen LogP contribution in [-0.4, -0.2) is 6.61 Å². The Morgan fingerprint density at radius 1 is 0.864 bits per heavy atom. The maximum absolute atomic E-state index is 5.71. The van der Waals surface area contributed by atoms with Gasteiger partial charge >= 0.3 is 0 Å². The van der Waals surface area contributed by atoms with Crippen molar-refractivity contribution in [3.05, 3.63) is 69.3 Å². The first-order valence-electron chi connectivity index (χ1n) is 8.60. The summed E-state index contributed by atoms with van der Waals surface area (Å²) < 4.78 is 5.71. The van der Waals surface area contributed by atoms with Crippen LogP contribution in [0.3, 0.4) is 0 Å². The minimum atomic E-state index is 0.791. The molecule has 0 bridgehead atoms. The maximum atomic E-state index is 5.71. The molecular formula is C21H24O. The first kappa shape index (κ1) is 14.0. The highest BCUT2D eigenvalue weighted by Gasteiger charge is 2.18. The van der Waals surface area contributed by atoms with E-state index in [1.807, 2.05) is 0 Å². The number of ether oxygens (including phenoxy) is 1. The van der Waals surface area contributed by atoms with E-state index in [1.165, 1.54) is 47.9 Å². The molecule has 114 valence electrons. The van der Waals surface area contributed by atoms with E-state index < -0.39 is 0 Å². The van der Waals surface area contributed by atoms with Gasteiger partial charge in [0.05, 0.1) is 13.2 Å². The molecule has 1 aliphatic carbocycles. The Morgan fingerprint density at radius 3 is 2.59 bits per heavy atom. The van der Waals surface area contributed by atoms with Crippen molar-refractivity contribution in [1.82, 2.24) is 0 Å². The summed E-state index contributed by atoms with van der Waals surface area (Å²) in [5.74, 6) is 0. The second kappa shape index (κ2) is 5.89.